The number of hydrogen-bond donors (Lipinski definition) is 1. The number of nitro benzene ring substituents is 1. The van der Waals surface area contributed by atoms with Gasteiger partial charge in [0.2, 0.25) is 5.82 Å². The van der Waals surface area contributed by atoms with Crippen LogP contribution in [0.25, 0.3) is 0 Å². The molecule has 96 valence electrons. The van der Waals surface area contributed by atoms with Gasteiger partial charge in [0.1, 0.15) is 17.7 Å². The van der Waals surface area contributed by atoms with Gasteiger partial charge in [0.05, 0.1) is 4.92 Å². The lowest BCUT2D eigenvalue weighted by Gasteiger charge is -2.05. The van der Waals surface area contributed by atoms with Gasteiger partial charge in [-0.3, -0.25) is 10.1 Å². The van der Waals surface area contributed by atoms with E-state index in [0.717, 1.165) is 0 Å². The van der Waals surface area contributed by atoms with Gasteiger partial charge in [-0.25, -0.2) is 8.78 Å². The van der Waals surface area contributed by atoms with Gasteiger partial charge in [-0.05, 0) is 0 Å². The number of nitro groups is 1. The normalized spacial score (nSPS) is 9.11. The molecular formula is C10H3F3N4O2. The van der Waals surface area contributed by atoms with Gasteiger partial charge < -0.3 is 5.32 Å². The number of nitriles is 2. The summed E-state index contributed by atoms with van der Waals surface area (Å²) >= 11 is 0. The van der Waals surface area contributed by atoms with Crippen LogP contribution in [0.5, 0.6) is 0 Å². The molecule has 0 saturated heterocycles. The average Bonchev–Trinajstić information content (AvgIpc) is 2.35. The first-order chi connectivity index (χ1) is 8.92. The molecule has 0 aliphatic heterocycles. The molecule has 6 nitrogen and oxygen atoms in total. The Morgan fingerprint density at radius 2 is 1.89 bits per heavy atom. The van der Waals surface area contributed by atoms with Crippen molar-refractivity contribution in [3.05, 3.63) is 45.4 Å². The lowest BCUT2D eigenvalue weighted by atomic mass is 10.2. The van der Waals surface area contributed by atoms with Crippen molar-refractivity contribution in [1.29, 1.82) is 10.5 Å². The summed E-state index contributed by atoms with van der Waals surface area (Å²) in [5.74, 6) is -5.01. The molecule has 0 atom stereocenters. The lowest BCUT2D eigenvalue weighted by molar-refractivity contribution is -0.387. The van der Waals surface area contributed by atoms with Gasteiger partial charge in [-0.1, -0.05) is 0 Å². The molecule has 0 aliphatic carbocycles. The number of nitrogens with zero attached hydrogens (tertiary/aromatic N) is 3. The molecule has 0 unspecified atom stereocenters. The summed E-state index contributed by atoms with van der Waals surface area (Å²) < 4.78 is 39.4. The monoisotopic (exact) mass is 268 g/mol. The highest BCUT2D eigenvalue weighted by molar-refractivity contribution is 5.65. The van der Waals surface area contributed by atoms with Crippen molar-refractivity contribution in [2.24, 2.45) is 0 Å². The summed E-state index contributed by atoms with van der Waals surface area (Å²) in [6.07, 6.45) is 0.642. The van der Waals surface area contributed by atoms with Crippen molar-refractivity contribution in [2.45, 2.75) is 0 Å². The van der Waals surface area contributed by atoms with Crippen LogP contribution in [0.4, 0.5) is 24.5 Å². The fourth-order valence-corrected chi connectivity index (χ4v) is 1.13. The third-order valence-corrected chi connectivity index (χ3v) is 1.93. The molecule has 0 saturated carbocycles. The van der Waals surface area contributed by atoms with Crippen molar-refractivity contribution < 1.29 is 18.1 Å². The van der Waals surface area contributed by atoms with E-state index in [-0.39, 0.29) is 6.07 Å². The molecule has 19 heavy (non-hydrogen) atoms. The molecule has 9 heteroatoms. The van der Waals surface area contributed by atoms with Crippen molar-refractivity contribution in [3.8, 4) is 12.1 Å². The molecule has 1 aromatic rings. The Morgan fingerprint density at radius 1 is 1.32 bits per heavy atom. The molecule has 1 rings (SSSR count). The molecule has 0 aromatic heterocycles. The summed E-state index contributed by atoms with van der Waals surface area (Å²) in [6.45, 7) is 0. The van der Waals surface area contributed by atoms with E-state index in [2.05, 4.69) is 0 Å². The molecule has 1 aromatic carbocycles. The minimum atomic E-state index is -1.85. The Bertz CT molecular complexity index is 642. The van der Waals surface area contributed by atoms with Crippen molar-refractivity contribution in [2.75, 3.05) is 5.32 Å². The zero-order chi connectivity index (χ0) is 14.6. The van der Waals surface area contributed by atoms with Gasteiger partial charge >= 0.3 is 5.69 Å². The van der Waals surface area contributed by atoms with Crippen molar-refractivity contribution in [3.63, 3.8) is 0 Å². The number of rotatable bonds is 3. The summed E-state index contributed by atoms with van der Waals surface area (Å²) in [7, 11) is 0. The third-order valence-electron chi connectivity index (χ3n) is 1.93. The first-order valence-electron chi connectivity index (χ1n) is 4.51. The Hall–Kier alpha value is -3.07. The second kappa shape index (κ2) is 5.51. The van der Waals surface area contributed by atoms with E-state index in [4.69, 9.17) is 10.5 Å². The lowest BCUT2D eigenvalue weighted by Crippen LogP contribution is -2.04. The maximum Gasteiger partial charge on any atom is 0.334 e. The highest BCUT2D eigenvalue weighted by atomic mass is 19.2. The maximum atomic E-state index is 13.3. The molecule has 0 fully saturated rings. The number of allylic oxidation sites excluding steroid dienone is 1. The second-order valence-corrected chi connectivity index (χ2v) is 3.06. The smallest absolute Gasteiger partial charge is 0.334 e. The largest absolute Gasteiger partial charge is 0.352 e. The number of benzene rings is 1. The highest BCUT2D eigenvalue weighted by Gasteiger charge is 2.27. The van der Waals surface area contributed by atoms with Crippen LogP contribution in [0.2, 0.25) is 0 Å². The van der Waals surface area contributed by atoms with Crippen LogP contribution in [0.15, 0.2) is 17.8 Å². The quantitative estimate of drug-likeness (QED) is 0.392. The van der Waals surface area contributed by atoms with E-state index >= 15 is 0 Å². The number of nitrogens with one attached hydrogen (secondary N) is 1. The van der Waals surface area contributed by atoms with Gasteiger partial charge in [0.25, 0.3) is 0 Å². The van der Waals surface area contributed by atoms with Crippen LogP contribution < -0.4 is 5.32 Å². The third kappa shape index (κ3) is 2.79. The highest BCUT2D eigenvalue weighted by Crippen LogP contribution is 2.32. The predicted molar refractivity (Wildman–Crippen MR) is 55.9 cm³/mol. The topological polar surface area (TPSA) is 103 Å². The number of hydrogen-bond acceptors (Lipinski definition) is 5. The zero-order valence-electron chi connectivity index (χ0n) is 8.95. The number of halogens is 3. The molecule has 1 N–H and O–H groups in total. The molecule has 0 heterocycles. The molecule has 0 spiro atoms. The van der Waals surface area contributed by atoms with Crippen LogP contribution in [-0.2, 0) is 0 Å². The summed E-state index contributed by atoms with van der Waals surface area (Å²) in [5, 5.41) is 29.3. The van der Waals surface area contributed by atoms with Gasteiger partial charge in [0, 0.05) is 12.3 Å². The van der Waals surface area contributed by atoms with Crippen LogP contribution >= 0.6 is 0 Å². The van der Waals surface area contributed by atoms with Gasteiger partial charge in [0.15, 0.2) is 17.3 Å². The van der Waals surface area contributed by atoms with Crippen molar-refractivity contribution in [1.82, 2.24) is 0 Å². The summed E-state index contributed by atoms with van der Waals surface area (Å²) in [5.41, 5.74) is -2.96. The predicted octanol–water partition coefficient (Wildman–Crippen LogP) is 2.36. The van der Waals surface area contributed by atoms with Gasteiger partial charge in [-0.15, -0.1) is 0 Å². The Balaban J connectivity index is 3.41. The van der Waals surface area contributed by atoms with E-state index in [9.17, 15) is 23.3 Å². The SMILES string of the molecule is N#CC(C#N)=CNc1c(F)cc(F)c(F)c1[N+](=O)[O-]. The minimum Gasteiger partial charge on any atom is -0.352 e. The Kier molecular flexibility index (Phi) is 4.06. The fourth-order valence-electron chi connectivity index (χ4n) is 1.13. The summed E-state index contributed by atoms with van der Waals surface area (Å²) in [6, 6.07) is 2.90. The summed E-state index contributed by atoms with van der Waals surface area (Å²) in [4.78, 5) is 9.25. The van der Waals surface area contributed by atoms with E-state index in [1.54, 1.807) is 0 Å². The fraction of sp³-hybridized carbons (Fsp3) is 0. The molecule has 0 radical (unpaired) electrons. The van der Waals surface area contributed by atoms with Gasteiger partial charge in [-0.2, -0.15) is 14.9 Å². The second-order valence-electron chi connectivity index (χ2n) is 3.06. The average molecular weight is 268 g/mol. The van der Waals surface area contributed by atoms with Crippen molar-refractivity contribution >= 4 is 11.4 Å². The van der Waals surface area contributed by atoms with Crippen LogP contribution in [0, 0.1) is 50.2 Å². The molecule has 0 amide bonds. The van der Waals surface area contributed by atoms with Crippen LogP contribution in [0.3, 0.4) is 0 Å². The van der Waals surface area contributed by atoms with Crippen LogP contribution in [-0.4, -0.2) is 4.92 Å². The Morgan fingerprint density at radius 3 is 2.37 bits per heavy atom. The van der Waals surface area contributed by atoms with E-state index in [1.807, 2.05) is 5.32 Å². The first-order valence-corrected chi connectivity index (χ1v) is 4.51. The molecule has 0 aliphatic rings. The standard InChI is InChI=1S/C10H3F3N4O2/c11-6-1-7(12)9(10(8(6)13)17(18)19)16-4-5(2-14)3-15/h1,4,16H. The van der Waals surface area contributed by atoms with E-state index in [1.165, 1.54) is 12.1 Å². The minimum absolute atomic E-state index is 0.108. The molecule has 0 bridgehead atoms. The van der Waals surface area contributed by atoms with E-state index in [0.29, 0.717) is 6.20 Å². The maximum absolute atomic E-state index is 13.3. The molecular weight excluding hydrogens is 265 g/mol. The van der Waals surface area contributed by atoms with E-state index < -0.39 is 39.3 Å². The number of anilines is 1. The Labute approximate surface area is 104 Å². The zero-order valence-corrected chi connectivity index (χ0v) is 8.95. The first kappa shape index (κ1) is 14.0. The van der Waals surface area contributed by atoms with Crippen LogP contribution in [0.1, 0.15) is 0 Å².